The van der Waals surface area contributed by atoms with Gasteiger partial charge in [-0.1, -0.05) is 6.07 Å². The van der Waals surface area contributed by atoms with Crippen molar-refractivity contribution in [3.05, 3.63) is 42.5 Å². The van der Waals surface area contributed by atoms with E-state index in [2.05, 4.69) is 15.0 Å². The van der Waals surface area contributed by atoms with Crippen LogP contribution in [0.3, 0.4) is 0 Å². The summed E-state index contributed by atoms with van der Waals surface area (Å²) in [6.45, 7) is 0. The predicted molar refractivity (Wildman–Crippen MR) is 56.6 cm³/mol. The van der Waals surface area contributed by atoms with E-state index in [9.17, 15) is 4.79 Å². The first-order valence-corrected chi connectivity index (χ1v) is 4.70. The van der Waals surface area contributed by atoms with E-state index in [1.807, 2.05) is 6.07 Å². The quantitative estimate of drug-likeness (QED) is 0.831. The van der Waals surface area contributed by atoms with Crippen LogP contribution in [0.25, 0.3) is 11.4 Å². The summed E-state index contributed by atoms with van der Waals surface area (Å²) in [4.78, 5) is 22.8. The SMILES string of the molecule is O=C(O)Cc1cncc(-c2ccccn2)n1. The van der Waals surface area contributed by atoms with Crippen LogP contribution in [0.1, 0.15) is 5.69 Å². The average Bonchev–Trinajstić information content (AvgIpc) is 2.30. The fourth-order valence-corrected chi connectivity index (χ4v) is 1.28. The van der Waals surface area contributed by atoms with E-state index in [1.54, 1.807) is 24.5 Å². The van der Waals surface area contributed by atoms with Gasteiger partial charge in [0, 0.05) is 12.4 Å². The van der Waals surface area contributed by atoms with Crippen LogP contribution in [0.15, 0.2) is 36.8 Å². The third-order valence-electron chi connectivity index (χ3n) is 1.94. The second-order valence-corrected chi connectivity index (χ2v) is 3.18. The van der Waals surface area contributed by atoms with E-state index in [1.165, 1.54) is 6.20 Å². The first-order valence-electron chi connectivity index (χ1n) is 4.70. The second-order valence-electron chi connectivity index (χ2n) is 3.18. The molecule has 2 heterocycles. The minimum Gasteiger partial charge on any atom is -0.481 e. The number of nitrogens with zero attached hydrogens (tertiary/aromatic N) is 3. The summed E-state index contributed by atoms with van der Waals surface area (Å²) in [6, 6.07) is 5.44. The summed E-state index contributed by atoms with van der Waals surface area (Å²) in [5.74, 6) is -0.924. The van der Waals surface area contributed by atoms with Crippen molar-refractivity contribution in [2.75, 3.05) is 0 Å². The Bertz CT molecular complexity index is 500. The molecule has 0 bridgehead atoms. The van der Waals surface area contributed by atoms with Gasteiger partial charge in [0.2, 0.25) is 0 Å². The predicted octanol–water partition coefficient (Wildman–Crippen LogP) is 1.17. The maximum absolute atomic E-state index is 10.5. The van der Waals surface area contributed by atoms with Crippen LogP contribution in [0.2, 0.25) is 0 Å². The molecule has 0 saturated heterocycles. The molecule has 1 N–H and O–H groups in total. The van der Waals surface area contributed by atoms with Gasteiger partial charge in [0.1, 0.15) is 5.69 Å². The molecule has 80 valence electrons. The van der Waals surface area contributed by atoms with Crippen molar-refractivity contribution < 1.29 is 9.90 Å². The summed E-state index contributed by atoms with van der Waals surface area (Å²) < 4.78 is 0. The maximum atomic E-state index is 10.5. The highest BCUT2D eigenvalue weighted by Crippen LogP contribution is 2.12. The Kier molecular flexibility index (Phi) is 2.86. The van der Waals surface area contributed by atoms with E-state index in [-0.39, 0.29) is 6.42 Å². The molecule has 0 amide bonds. The molecule has 2 aromatic rings. The van der Waals surface area contributed by atoms with Crippen molar-refractivity contribution in [2.24, 2.45) is 0 Å². The van der Waals surface area contributed by atoms with E-state index in [0.717, 1.165) is 0 Å². The van der Waals surface area contributed by atoms with Crippen molar-refractivity contribution in [3.8, 4) is 11.4 Å². The van der Waals surface area contributed by atoms with Gasteiger partial charge in [-0.25, -0.2) is 4.98 Å². The monoisotopic (exact) mass is 215 g/mol. The minimum absolute atomic E-state index is 0.131. The summed E-state index contributed by atoms with van der Waals surface area (Å²) >= 11 is 0. The highest BCUT2D eigenvalue weighted by atomic mass is 16.4. The lowest BCUT2D eigenvalue weighted by Gasteiger charge is -2.00. The number of carboxylic acid groups (broad SMARTS) is 1. The Morgan fingerprint density at radius 2 is 2.12 bits per heavy atom. The number of hydrogen-bond acceptors (Lipinski definition) is 4. The normalized spacial score (nSPS) is 10.0. The average molecular weight is 215 g/mol. The van der Waals surface area contributed by atoms with Gasteiger partial charge in [-0.3, -0.25) is 14.8 Å². The molecule has 0 saturated carbocycles. The Labute approximate surface area is 91.8 Å². The van der Waals surface area contributed by atoms with Gasteiger partial charge in [0.15, 0.2) is 0 Å². The molecule has 0 radical (unpaired) electrons. The van der Waals surface area contributed by atoms with Gasteiger partial charge in [0.05, 0.1) is 24.0 Å². The van der Waals surface area contributed by atoms with Gasteiger partial charge in [-0.15, -0.1) is 0 Å². The van der Waals surface area contributed by atoms with E-state index < -0.39 is 5.97 Å². The molecule has 0 fully saturated rings. The molecule has 5 heteroatoms. The molecular formula is C11H9N3O2. The van der Waals surface area contributed by atoms with Crippen LogP contribution in [0, 0.1) is 0 Å². The number of carboxylic acids is 1. The van der Waals surface area contributed by atoms with Crippen molar-refractivity contribution in [2.45, 2.75) is 6.42 Å². The topological polar surface area (TPSA) is 76.0 Å². The van der Waals surface area contributed by atoms with Gasteiger partial charge >= 0.3 is 5.97 Å². The number of aromatic nitrogens is 3. The molecule has 5 nitrogen and oxygen atoms in total. The number of hydrogen-bond donors (Lipinski definition) is 1. The fourth-order valence-electron chi connectivity index (χ4n) is 1.28. The molecule has 0 atom stereocenters. The largest absolute Gasteiger partial charge is 0.481 e. The number of rotatable bonds is 3. The molecule has 0 aliphatic carbocycles. The van der Waals surface area contributed by atoms with Gasteiger partial charge in [-0.05, 0) is 12.1 Å². The van der Waals surface area contributed by atoms with Crippen molar-refractivity contribution >= 4 is 5.97 Å². The zero-order chi connectivity index (χ0) is 11.4. The van der Waals surface area contributed by atoms with Crippen molar-refractivity contribution in [3.63, 3.8) is 0 Å². The van der Waals surface area contributed by atoms with Crippen LogP contribution >= 0.6 is 0 Å². The zero-order valence-electron chi connectivity index (χ0n) is 8.37. The van der Waals surface area contributed by atoms with Crippen LogP contribution in [-0.2, 0) is 11.2 Å². The fraction of sp³-hybridized carbons (Fsp3) is 0.0909. The minimum atomic E-state index is -0.924. The molecule has 2 aromatic heterocycles. The molecule has 16 heavy (non-hydrogen) atoms. The smallest absolute Gasteiger partial charge is 0.309 e. The standard InChI is InChI=1S/C11H9N3O2/c15-11(16)5-8-6-12-7-10(14-8)9-3-1-2-4-13-9/h1-4,6-7H,5H2,(H,15,16). The second kappa shape index (κ2) is 4.48. The molecule has 0 aromatic carbocycles. The molecule has 2 rings (SSSR count). The number of pyridine rings is 1. The highest BCUT2D eigenvalue weighted by Gasteiger charge is 2.05. The van der Waals surface area contributed by atoms with Gasteiger partial charge < -0.3 is 5.11 Å². The number of carbonyl (C=O) groups is 1. The molecule has 0 unspecified atom stereocenters. The third kappa shape index (κ3) is 2.38. The van der Waals surface area contributed by atoms with Crippen molar-refractivity contribution in [1.29, 1.82) is 0 Å². The summed E-state index contributed by atoms with van der Waals surface area (Å²) in [5.41, 5.74) is 1.69. The molecule has 0 spiro atoms. The first-order chi connectivity index (χ1) is 7.75. The summed E-state index contributed by atoms with van der Waals surface area (Å²) in [6.07, 6.45) is 4.53. The van der Waals surface area contributed by atoms with Crippen LogP contribution in [0.5, 0.6) is 0 Å². The van der Waals surface area contributed by atoms with E-state index in [4.69, 9.17) is 5.11 Å². The number of aliphatic carboxylic acids is 1. The Morgan fingerprint density at radius 1 is 1.25 bits per heavy atom. The van der Waals surface area contributed by atoms with Gasteiger partial charge in [-0.2, -0.15) is 0 Å². The van der Waals surface area contributed by atoms with Gasteiger partial charge in [0.25, 0.3) is 0 Å². The Morgan fingerprint density at radius 3 is 2.81 bits per heavy atom. The first kappa shape index (κ1) is 10.2. The maximum Gasteiger partial charge on any atom is 0.309 e. The lowest BCUT2D eigenvalue weighted by Crippen LogP contribution is -2.03. The molecular weight excluding hydrogens is 206 g/mol. The van der Waals surface area contributed by atoms with Crippen LogP contribution in [0.4, 0.5) is 0 Å². The Hall–Kier alpha value is -2.30. The van der Waals surface area contributed by atoms with Crippen LogP contribution < -0.4 is 0 Å². The highest BCUT2D eigenvalue weighted by molar-refractivity contribution is 5.69. The van der Waals surface area contributed by atoms with E-state index >= 15 is 0 Å². The zero-order valence-corrected chi connectivity index (χ0v) is 8.37. The summed E-state index contributed by atoms with van der Waals surface area (Å²) in [5, 5.41) is 8.64. The Balaban J connectivity index is 2.33. The lowest BCUT2D eigenvalue weighted by molar-refractivity contribution is -0.136. The van der Waals surface area contributed by atoms with E-state index in [0.29, 0.717) is 17.1 Å². The molecule has 0 aliphatic rings. The molecule has 0 aliphatic heterocycles. The third-order valence-corrected chi connectivity index (χ3v) is 1.94. The van der Waals surface area contributed by atoms with Crippen LogP contribution in [-0.4, -0.2) is 26.0 Å². The lowest BCUT2D eigenvalue weighted by atomic mass is 10.2. The van der Waals surface area contributed by atoms with Crippen molar-refractivity contribution in [1.82, 2.24) is 15.0 Å². The summed E-state index contributed by atoms with van der Waals surface area (Å²) in [7, 11) is 0.